The van der Waals surface area contributed by atoms with Gasteiger partial charge in [-0.25, -0.2) is 4.39 Å². The molecule has 0 bridgehead atoms. The van der Waals surface area contributed by atoms with Crippen LogP contribution in [0.25, 0.3) is 0 Å². The highest BCUT2D eigenvalue weighted by Gasteiger charge is 2.21. The molecule has 5 heteroatoms. The van der Waals surface area contributed by atoms with Crippen LogP contribution in [-0.2, 0) is 15.9 Å². The molecular formula is C14H21ClFNO2. The molecule has 0 spiro atoms. The van der Waals surface area contributed by atoms with Gasteiger partial charge in [-0.3, -0.25) is 0 Å². The van der Waals surface area contributed by atoms with Crippen molar-refractivity contribution in [1.29, 1.82) is 0 Å². The summed E-state index contributed by atoms with van der Waals surface area (Å²) < 4.78 is 24.3. The molecule has 0 saturated carbocycles. The Hall–Kier alpha value is -0.680. The van der Waals surface area contributed by atoms with Crippen LogP contribution in [-0.4, -0.2) is 33.1 Å². The summed E-state index contributed by atoms with van der Waals surface area (Å²) in [5.41, 5.74) is 0.595. The predicted molar refractivity (Wildman–Crippen MR) is 75.0 cm³/mol. The minimum atomic E-state index is -0.415. The lowest BCUT2D eigenvalue weighted by molar-refractivity contribution is -0.122. The second kappa shape index (κ2) is 8.48. The molecule has 1 N–H and O–H groups in total. The smallest absolute Gasteiger partial charge is 0.172 e. The lowest BCUT2D eigenvalue weighted by Gasteiger charge is -2.26. The van der Waals surface area contributed by atoms with E-state index in [1.54, 1.807) is 26.4 Å². The Kier molecular flexibility index (Phi) is 7.31. The minimum Gasteiger partial charge on any atom is -0.354 e. The fraction of sp³-hybridized carbons (Fsp3) is 0.571. The van der Waals surface area contributed by atoms with E-state index in [2.05, 4.69) is 12.2 Å². The first-order valence-corrected chi connectivity index (χ1v) is 6.73. The zero-order valence-electron chi connectivity index (χ0n) is 11.6. The SMILES string of the molecule is CCCNC(Cc1ccc(Cl)cc1F)C(OC)OC. The van der Waals surface area contributed by atoms with Crippen LogP contribution in [0.5, 0.6) is 0 Å². The third-order valence-electron chi connectivity index (χ3n) is 2.90. The molecular weight excluding hydrogens is 269 g/mol. The van der Waals surface area contributed by atoms with Crippen LogP contribution < -0.4 is 5.32 Å². The summed E-state index contributed by atoms with van der Waals surface area (Å²) in [5, 5.41) is 3.71. The monoisotopic (exact) mass is 289 g/mol. The van der Waals surface area contributed by atoms with Crippen LogP contribution in [0.3, 0.4) is 0 Å². The Labute approximate surface area is 119 Å². The Morgan fingerprint density at radius 3 is 2.53 bits per heavy atom. The lowest BCUT2D eigenvalue weighted by Crippen LogP contribution is -2.44. The van der Waals surface area contributed by atoms with Gasteiger partial charge in [0.2, 0.25) is 0 Å². The van der Waals surface area contributed by atoms with Crippen molar-refractivity contribution in [3.8, 4) is 0 Å². The van der Waals surface area contributed by atoms with E-state index in [0.717, 1.165) is 13.0 Å². The van der Waals surface area contributed by atoms with Gasteiger partial charge in [0, 0.05) is 19.2 Å². The number of hydrogen-bond donors (Lipinski definition) is 1. The molecule has 0 aliphatic heterocycles. The highest BCUT2D eigenvalue weighted by atomic mass is 35.5. The molecule has 0 heterocycles. The number of halogens is 2. The van der Waals surface area contributed by atoms with E-state index in [1.165, 1.54) is 6.07 Å². The summed E-state index contributed by atoms with van der Waals surface area (Å²) in [6.45, 7) is 2.89. The van der Waals surface area contributed by atoms with Gasteiger partial charge in [0.1, 0.15) is 5.82 Å². The summed E-state index contributed by atoms with van der Waals surface area (Å²) >= 11 is 5.75. The van der Waals surface area contributed by atoms with Crippen LogP contribution in [0.4, 0.5) is 4.39 Å². The third kappa shape index (κ3) is 5.07. The van der Waals surface area contributed by atoms with E-state index in [-0.39, 0.29) is 11.9 Å². The summed E-state index contributed by atoms with van der Waals surface area (Å²) in [4.78, 5) is 0. The first-order chi connectivity index (χ1) is 9.12. The molecule has 19 heavy (non-hydrogen) atoms. The molecule has 0 saturated heterocycles. The van der Waals surface area contributed by atoms with Gasteiger partial charge in [-0.15, -0.1) is 0 Å². The molecule has 0 aliphatic carbocycles. The Morgan fingerprint density at radius 2 is 2.00 bits per heavy atom. The molecule has 3 nitrogen and oxygen atoms in total. The summed E-state index contributed by atoms with van der Waals surface area (Å²) in [6.07, 6.45) is 1.05. The molecule has 1 rings (SSSR count). The highest BCUT2D eigenvalue weighted by Crippen LogP contribution is 2.17. The van der Waals surface area contributed by atoms with E-state index in [9.17, 15) is 4.39 Å². The van der Waals surface area contributed by atoms with Crippen LogP contribution in [0.1, 0.15) is 18.9 Å². The second-order valence-electron chi connectivity index (χ2n) is 4.34. The molecule has 0 fully saturated rings. The van der Waals surface area contributed by atoms with E-state index in [4.69, 9.17) is 21.1 Å². The van der Waals surface area contributed by atoms with Gasteiger partial charge in [0.15, 0.2) is 6.29 Å². The van der Waals surface area contributed by atoms with Crippen molar-refractivity contribution in [2.24, 2.45) is 0 Å². The van der Waals surface area contributed by atoms with Crippen molar-refractivity contribution in [2.45, 2.75) is 32.1 Å². The Balaban J connectivity index is 2.80. The maximum atomic E-state index is 13.8. The summed E-state index contributed by atoms with van der Waals surface area (Å²) in [6, 6.07) is 4.60. The van der Waals surface area contributed by atoms with Crippen molar-refractivity contribution >= 4 is 11.6 Å². The zero-order valence-corrected chi connectivity index (χ0v) is 12.3. The maximum Gasteiger partial charge on any atom is 0.172 e. The number of ether oxygens (including phenoxy) is 2. The molecule has 0 aromatic heterocycles. The molecule has 1 aromatic rings. The number of rotatable bonds is 8. The first kappa shape index (κ1) is 16.4. The van der Waals surface area contributed by atoms with Gasteiger partial charge in [-0.2, -0.15) is 0 Å². The molecule has 108 valence electrons. The van der Waals surface area contributed by atoms with Crippen LogP contribution in [0, 0.1) is 5.82 Å². The van der Waals surface area contributed by atoms with E-state index < -0.39 is 6.29 Å². The van der Waals surface area contributed by atoms with E-state index in [1.807, 2.05) is 0 Å². The first-order valence-electron chi connectivity index (χ1n) is 6.35. The quantitative estimate of drug-likeness (QED) is 0.746. The second-order valence-corrected chi connectivity index (χ2v) is 4.78. The van der Waals surface area contributed by atoms with Gasteiger partial charge in [0.25, 0.3) is 0 Å². The van der Waals surface area contributed by atoms with Gasteiger partial charge in [0.05, 0.1) is 6.04 Å². The van der Waals surface area contributed by atoms with Gasteiger partial charge >= 0.3 is 0 Å². The molecule has 0 amide bonds. The Bertz CT molecular complexity index is 386. The van der Waals surface area contributed by atoms with E-state index in [0.29, 0.717) is 17.0 Å². The molecule has 0 aliphatic rings. The number of methoxy groups -OCH3 is 2. The normalized spacial score (nSPS) is 12.9. The molecule has 0 radical (unpaired) electrons. The highest BCUT2D eigenvalue weighted by molar-refractivity contribution is 6.30. The third-order valence-corrected chi connectivity index (χ3v) is 3.14. The van der Waals surface area contributed by atoms with E-state index >= 15 is 0 Å². The van der Waals surface area contributed by atoms with Crippen LogP contribution >= 0.6 is 11.6 Å². The fourth-order valence-corrected chi connectivity index (χ4v) is 2.10. The minimum absolute atomic E-state index is 0.106. The lowest BCUT2D eigenvalue weighted by atomic mass is 10.0. The van der Waals surface area contributed by atoms with Gasteiger partial charge < -0.3 is 14.8 Å². The average Bonchev–Trinajstić information content (AvgIpc) is 2.39. The Morgan fingerprint density at radius 1 is 1.32 bits per heavy atom. The van der Waals surface area contributed by atoms with Gasteiger partial charge in [-0.05, 0) is 37.1 Å². The number of hydrogen-bond acceptors (Lipinski definition) is 3. The van der Waals surface area contributed by atoms with Crippen molar-refractivity contribution in [3.63, 3.8) is 0 Å². The van der Waals surface area contributed by atoms with Gasteiger partial charge in [-0.1, -0.05) is 24.6 Å². The molecule has 1 aromatic carbocycles. The summed E-state index contributed by atoms with van der Waals surface area (Å²) in [5.74, 6) is -0.304. The van der Waals surface area contributed by atoms with Crippen molar-refractivity contribution in [3.05, 3.63) is 34.6 Å². The fourth-order valence-electron chi connectivity index (χ4n) is 1.94. The van der Waals surface area contributed by atoms with Crippen molar-refractivity contribution < 1.29 is 13.9 Å². The average molecular weight is 290 g/mol. The topological polar surface area (TPSA) is 30.5 Å². The zero-order chi connectivity index (χ0) is 14.3. The number of benzene rings is 1. The van der Waals surface area contributed by atoms with Crippen molar-refractivity contribution in [2.75, 3.05) is 20.8 Å². The molecule has 1 unspecified atom stereocenters. The maximum absolute atomic E-state index is 13.8. The van der Waals surface area contributed by atoms with Crippen LogP contribution in [0.15, 0.2) is 18.2 Å². The molecule has 1 atom stereocenters. The standard InChI is InChI=1S/C14H21ClFNO2/c1-4-7-17-13(14(18-2)19-3)8-10-5-6-11(15)9-12(10)16/h5-6,9,13-14,17H,4,7-8H2,1-3H3. The van der Waals surface area contributed by atoms with Crippen LogP contribution in [0.2, 0.25) is 5.02 Å². The summed E-state index contributed by atoms with van der Waals surface area (Å²) in [7, 11) is 3.15. The number of nitrogens with one attached hydrogen (secondary N) is 1. The predicted octanol–water partition coefficient (Wildman–Crippen LogP) is 3.01. The largest absolute Gasteiger partial charge is 0.354 e. The van der Waals surface area contributed by atoms with Crippen molar-refractivity contribution in [1.82, 2.24) is 5.32 Å².